The molecule has 36 heavy (non-hydrogen) atoms. The molecule has 7 nitrogen and oxygen atoms in total. The molecule has 0 saturated carbocycles. The fourth-order valence-electron chi connectivity index (χ4n) is 6.19. The summed E-state index contributed by atoms with van der Waals surface area (Å²) in [6.45, 7) is 1.60. The smallest absolute Gasteiger partial charge is 0.270 e. The molecule has 1 saturated heterocycles. The lowest BCUT2D eigenvalue weighted by Crippen LogP contribution is -2.44. The van der Waals surface area contributed by atoms with Gasteiger partial charge in [-0.15, -0.1) is 10.2 Å². The Morgan fingerprint density at radius 1 is 0.889 bits per heavy atom. The first kappa shape index (κ1) is 21.1. The molecule has 2 N–H and O–H groups in total. The first-order chi connectivity index (χ1) is 17.7. The van der Waals surface area contributed by atoms with Crippen molar-refractivity contribution in [3.8, 4) is 22.5 Å². The lowest BCUT2D eigenvalue weighted by atomic mass is 9.74. The number of aromatic nitrogens is 5. The second-order valence-electron chi connectivity index (χ2n) is 10.00. The zero-order valence-corrected chi connectivity index (χ0v) is 19.9. The van der Waals surface area contributed by atoms with Crippen LogP contribution in [0.2, 0.25) is 0 Å². The molecular weight excluding hydrogens is 448 g/mol. The molecule has 0 radical (unpaired) electrons. The summed E-state index contributed by atoms with van der Waals surface area (Å²) in [6.07, 6.45) is 4.43. The third-order valence-corrected chi connectivity index (χ3v) is 8.16. The van der Waals surface area contributed by atoms with Crippen molar-refractivity contribution >= 4 is 16.8 Å². The molecule has 0 atom stereocenters. The summed E-state index contributed by atoms with van der Waals surface area (Å²) >= 11 is 0. The van der Waals surface area contributed by atoms with Crippen LogP contribution in [-0.4, -0.2) is 49.5 Å². The number of hydrogen-bond acceptors (Lipinski definition) is 4. The Hall–Kier alpha value is -4.26. The van der Waals surface area contributed by atoms with E-state index in [1.54, 1.807) is 0 Å². The molecule has 0 bridgehead atoms. The number of nitrogens with one attached hydrogen (secondary N) is 2. The minimum Gasteiger partial charge on any atom is -0.350 e. The summed E-state index contributed by atoms with van der Waals surface area (Å²) in [5.41, 5.74) is 7.90. The number of fused-ring (bicyclic) bond motifs is 3. The second kappa shape index (κ2) is 8.16. The number of benzene rings is 3. The number of rotatable bonds is 3. The summed E-state index contributed by atoms with van der Waals surface area (Å²) in [5.74, 6) is 0.655. The van der Waals surface area contributed by atoms with Gasteiger partial charge in [-0.05, 0) is 59.1 Å². The number of carbonyl (C=O) groups excluding carboxylic acids is 1. The molecule has 1 spiro atoms. The number of nitrogens with zero attached hydrogens (tertiary/aromatic N) is 4. The van der Waals surface area contributed by atoms with Crippen molar-refractivity contribution in [3.63, 3.8) is 0 Å². The van der Waals surface area contributed by atoms with Gasteiger partial charge < -0.3 is 9.88 Å². The van der Waals surface area contributed by atoms with Crippen molar-refractivity contribution < 1.29 is 4.79 Å². The molecule has 3 heterocycles. The molecule has 7 rings (SSSR count). The second-order valence-corrected chi connectivity index (χ2v) is 10.00. The van der Waals surface area contributed by atoms with Gasteiger partial charge in [0.25, 0.3) is 5.91 Å². The van der Waals surface area contributed by atoms with Crippen LogP contribution in [0.5, 0.6) is 0 Å². The number of carbonyl (C=O) groups is 1. The van der Waals surface area contributed by atoms with Crippen LogP contribution < -0.4 is 0 Å². The van der Waals surface area contributed by atoms with Crippen molar-refractivity contribution in [3.05, 3.63) is 89.6 Å². The molecule has 1 aliphatic heterocycles. The third kappa shape index (κ3) is 3.34. The molecular formula is C29H26N6O. The number of hydrogen-bond donors (Lipinski definition) is 2. The van der Waals surface area contributed by atoms with Crippen molar-refractivity contribution in [2.75, 3.05) is 13.1 Å². The summed E-state index contributed by atoms with van der Waals surface area (Å²) in [6, 6.07) is 25.1. The number of amides is 1. The summed E-state index contributed by atoms with van der Waals surface area (Å²) in [4.78, 5) is 19.0. The van der Waals surface area contributed by atoms with Crippen LogP contribution in [0.4, 0.5) is 0 Å². The van der Waals surface area contributed by atoms with Crippen LogP contribution in [0.3, 0.4) is 0 Å². The number of H-pyrrole nitrogens is 2. The highest BCUT2D eigenvalue weighted by atomic mass is 16.2. The van der Waals surface area contributed by atoms with Gasteiger partial charge in [-0.25, -0.2) is 0 Å². The Balaban J connectivity index is 1.13. The lowest BCUT2D eigenvalue weighted by Gasteiger charge is -2.40. The SMILES string of the molecule is O=C(c1cc2cccc(-c3ccc(-c4nn[nH]n4)cc3)c2[nH]1)N1CCC2(CCc3ccccc32)CC1. The van der Waals surface area contributed by atoms with E-state index in [9.17, 15) is 4.79 Å². The molecule has 1 aliphatic carbocycles. The maximum Gasteiger partial charge on any atom is 0.270 e. The molecule has 1 amide bonds. The van der Waals surface area contributed by atoms with Crippen LogP contribution in [0.15, 0.2) is 72.8 Å². The average molecular weight is 475 g/mol. The number of aryl methyl sites for hydroxylation is 1. The summed E-state index contributed by atoms with van der Waals surface area (Å²) in [7, 11) is 0. The third-order valence-electron chi connectivity index (χ3n) is 8.16. The number of aromatic amines is 2. The number of para-hydroxylation sites is 1. The van der Waals surface area contributed by atoms with Gasteiger partial charge in [-0.3, -0.25) is 4.79 Å². The Bertz CT molecular complexity index is 1560. The number of tetrazole rings is 1. The monoisotopic (exact) mass is 474 g/mol. The molecule has 1 fully saturated rings. The topological polar surface area (TPSA) is 90.6 Å². The van der Waals surface area contributed by atoms with E-state index in [-0.39, 0.29) is 11.3 Å². The highest BCUT2D eigenvalue weighted by Crippen LogP contribution is 2.46. The predicted octanol–water partition coefficient (Wildman–Crippen LogP) is 5.14. The maximum atomic E-state index is 13.5. The molecule has 2 aliphatic rings. The lowest BCUT2D eigenvalue weighted by molar-refractivity contribution is 0.0661. The largest absolute Gasteiger partial charge is 0.350 e. The predicted molar refractivity (Wildman–Crippen MR) is 138 cm³/mol. The van der Waals surface area contributed by atoms with E-state index in [1.165, 1.54) is 17.5 Å². The van der Waals surface area contributed by atoms with Gasteiger partial charge in [-0.1, -0.05) is 66.7 Å². The molecule has 7 heteroatoms. The minimum atomic E-state index is 0.0886. The minimum absolute atomic E-state index is 0.0886. The van der Waals surface area contributed by atoms with E-state index in [0.717, 1.165) is 59.9 Å². The van der Waals surface area contributed by atoms with Crippen LogP contribution in [0.25, 0.3) is 33.4 Å². The van der Waals surface area contributed by atoms with E-state index in [1.807, 2.05) is 41.3 Å². The van der Waals surface area contributed by atoms with E-state index in [2.05, 4.69) is 62.0 Å². The molecule has 5 aromatic rings. The quantitative estimate of drug-likeness (QED) is 0.379. The van der Waals surface area contributed by atoms with Gasteiger partial charge >= 0.3 is 0 Å². The van der Waals surface area contributed by atoms with Gasteiger partial charge in [0, 0.05) is 29.6 Å². The fourth-order valence-corrected chi connectivity index (χ4v) is 6.19. The highest BCUT2D eigenvalue weighted by Gasteiger charge is 2.41. The van der Waals surface area contributed by atoms with Crippen LogP contribution in [-0.2, 0) is 11.8 Å². The first-order valence-electron chi connectivity index (χ1n) is 12.5. The maximum absolute atomic E-state index is 13.5. The van der Waals surface area contributed by atoms with Crippen molar-refractivity contribution in [2.45, 2.75) is 31.1 Å². The van der Waals surface area contributed by atoms with Gasteiger partial charge in [-0.2, -0.15) is 5.21 Å². The van der Waals surface area contributed by atoms with E-state index in [0.29, 0.717) is 11.5 Å². The van der Waals surface area contributed by atoms with Crippen molar-refractivity contribution in [1.82, 2.24) is 30.5 Å². The van der Waals surface area contributed by atoms with E-state index < -0.39 is 0 Å². The molecule has 0 unspecified atom stereocenters. The highest BCUT2D eigenvalue weighted by molar-refractivity contribution is 6.02. The number of likely N-dealkylation sites (tertiary alicyclic amines) is 1. The van der Waals surface area contributed by atoms with Crippen molar-refractivity contribution in [1.29, 1.82) is 0 Å². The van der Waals surface area contributed by atoms with Gasteiger partial charge in [0.2, 0.25) is 5.82 Å². The van der Waals surface area contributed by atoms with Crippen LogP contribution in [0, 0.1) is 0 Å². The summed E-state index contributed by atoms with van der Waals surface area (Å²) < 4.78 is 0. The zero-order valence-electron chi connectivity index (χ0n) is 19.9. The van der Waals surface area contributed by atoms with Gasteiger partial charge in [0.1, 0.15) is 5.69 Å². The Morgan fingerprint density at radius 3 is 2.50 bits per heavy atom. The standard InChI is InChI=1S/C29H26N6O/c36-28(35-16-14-29(15-17-35)13-12-20-4-1-2-7-24(20)29)25-18-22-5-3-6-23(26(22)30-25)19-8-10-21(11-9-19)27-31-33-34-32-27/h1-11,18,30H,12-17H2,(H,31,32,33,34). The molecule has 178 valence electrons. The van der Waals surface area contributed by atoms with Gasteiger partial charge in [0.15, 0.2) is 0 Å². The Morgan fingerprint density at radius 2 is 1.69 bits per heavy atom. The average Bonchev–Trinajstić information content (AvgIpc) is 3.69. The van der Waals surface area contributed by atoms with Crippen molar-refractivity contribution in [2.24, 2.45) is 0 Å². The van der Waals surface area contributed by atoms with E-state index >= 15 is 0 Å². The zero-order chi connectivity index (χ0) is 24.1. The van der Waals surface area contributed by atoms with Crippen LogP contribution in [0.1, 0.15) is 40.9 Å². The fraction of sp³-hybridized carbons (Fsp3) is 0.241. The Kier molecular flexibility index (Phi) is 4.77. The number of piperidine rings is 1. The first-order valence-corrected chi connectivity index (χ1v) is 12.5. The normalized spacial score (nSPS) is 16.5. The Labute approximate surface area is 208 Å². The summed E-state index contributed by atoms with van der Waals surface area (Å²) in [5, 5.41) is 15.2. The molecule has 3 aromatic carbocycles. The van der Waals surface area contributed by atoms with Gasteiger partial charge in [0.05, 0.1) is 5.52 Å². The van der Waals surface area contributed by atoms with E-state index in [4.69, 9.17) is 0 Å². The van der Waals surface area contributed by atoms with Crippen LogP contribution >= 0.6 is 0 Å². The molecule has 2 aromatic heterocycles.